The average molecular weight is 222 g/mol. The Morgan fingerprint density at radius 1 is 1.31 bits per heavy atom. The fourth-order valence-electron chi connectivity index (χ4n) is 1.52. The van der Waals surface area contributed by atoms with E-state index in [0.717, 1.165) is 5.56 Å². The molecule has 1 atom stereocenters. The monoisotopic (exact) mass is 222 g/mol. The van der Waals surface area contributed by atoms with Gasteiger partial charge in [-0.1, -0.05) is 38.1 Å². The zero-order valence-corrected chi connectivity index (χ0v) is 9.93. The van der Waals surface area contributed by atoms with Crippen molar-refractivity contribution in [3.63, 3.8) is 0 Å². The molecule has 0 heterocycles. The van der Waals surface area contributed by atoms with Crippen LogP contribution >= 0.6 is 0 Å². The van der Waals surface area contributed by atoms with Crippen molar-refractivity contribution in [2.75, 3.05) is 7.11 Å². The van der Waals surface area contributed by atoms with Crippen LogP contribution in [0.15, 0.2) is 24.3 Å². The van der Waals surface area contributed by atoms with Gasteiger partial charge in [-0.2, -0.15) is 0 Å². The molecular weight excluding hydrogens is 204 g/mol. The Balaban J connectivity index is 2.71. The third kappa shape index (κ3) is 3.35. The number of hydrogen-bond acceptors (Lipinski definition) is 2. The van der Waals surface area contributed by atoms with E-state index in [2.05, 4.69) is 13.8 Å². The molecule has 0 bridgehead atoms. The van der Waals surface area contributed by atoms with Crippen molar-refractivity contribution in [3.8, 4) is 0 Å². The number of aliphatic carboxylic acids is 1. The van der Waals surface area contributed by atoms with Crippen molar-refractivity contribution >= 4 is 5.97 Å². The van der Waals surface area contributed by atoms with Gasteiger partial charge in [0, 0.05) is 13.5 Å². The third-order valence-electron chi connectivity index (χ3n) is 2.63. The molecule has 1 aromatic rings. The lowest BCUT2D eigenvalue weighted by Crippen LogP contribution is -2.24. The first kappa shape index (κ1) is 12.7. The van der Waals surface area contributed by atoms with E-state index in [1.165, 1.54) is 12.7 Å². The van der Waals surface area contributed by atoms with E-state index >= 15 is 0 Å². The average Bonchev–Trinajstić information content (AvgIpc) is 2.26. The standard InChI is InChI=1S/C13H18O3/c1-9(2)11-6-4-10(5-7-11)8-12(16-3)13(14)15/h4-7,9,12H,8H2,1-3H3,(H,14,15). The molecule has 0 aromatic heterocycles. The van der Waals surface area contributed by atoms with Crippen LogP contribution in [0.1, 0.15) is 30.9 Å². The van der Waals surface area contributed by atoms with Gasteiger partial charge in [0.25, 0.3) is 0 Å². The van der Waals surface area contributed by atoms with Gasteiger partial charge in [0.15, 0.2) is 6.10 Å². The molecule has 0 fully saturated rings. The zero-order chi connectivity index (χ0) is 12.1. The summed E-state index contributed by atoms with van der Waals surface area (Å²) < 4.78 is 4.89. The molecule has 0 aliphatic rings. The Morgan fingerprint density at radius 3 is 2.25 bits per heavy atom. The van der Waals surface area contributed by atoms with Gasteiger partial charge in [0.1, 0.15) is 0 Å². The van der Waals surface area contributed by atoms with Crippen LogP contribution in [0.25, 0.3) is 0 Å². The lowest BCUT2D eigenvalue weighted by Gasteiger charge is -2.11. The summed E-state index contributed by atoms with van der Waals surface area (Å²) in [6.07, 6.45) is -0.352. The molecular formula is C13H18O3. The number of hydrogen-bond donors (Lipinski definition) is 1. The van der Waals surface area contributed by atoms with Crippen LogP contribution in [0.5, 0.6) is 0 Å². The van der Waals surface area contributed by atoms with Gasteiger partial charge in [-0.25, -0.2) is 4.79 Å². The van der Waals surface area contributed by atoms with Crippen molar-refractivity contribution < 1.29 is 14.6 Å². The van der Waals surface area contributed by atoms with Crippen LogP contribution in [0.4, 0.5) is 0 Å². The topological polar surface area (TPSA) is 46.5 Å². The van der Waals surface area contributed by atoms with Crippen LogP contribution in [0.2, 0.25) is 0 Å². The highest BCUT2D eigenvalue weighted by atomic mass is 16.5. The van der Waals surface area contributed by atoms with E-state index in [4.69, 9.17) is 9.84 Å². The number of carboxylic acid groups (broad SMARTS) is 1. The first-order valence-electron chi connectivity index (χ1n) is 5.39. The number of rotatable bonds is 5. The second kappa shape index (κ2) is 5.66. The van der Waals surface area contributed by atoms with Gasteiger partial charge in [-0.05, 0) is 17.0 Å². The summed E-state index contributed by atoms with van der Waals surface area (Å²) in [7, 11) is 1.42. The summed E-state index contributed by atoms with van der Waals surface area (Å²) in [5.74, 6) is -0.429. The largest absolute Gasteiger partial charge is 0.479 e. The number of carbonyl (C=O) groups is 1. The molecule has 0 spiro atoms. The van der Waals surface area contributed by atoms with E-state index in [9.17, 15) is 4.79 Å². The predicted molar refractivity (Wildman–Crippen MR) is 62.7 cm³/mol. The molecule has 1 rings (SSSR count). The number of ether oxygens (including phenoxy) is 1. The fraction of sp³-hybridized carbons (Fsp3) is 0.462. The number of carboxylic acids is 1. The summed E-state index contributed by atoms with van der Waals surface area (Å²) in [6.45, 7) is 4.26. The molecule has 0 radical (unpaired) electrons. The maximum atomic E-state index is 10.8. The van der Waals surface area contributed by atoms with Crippen LogP contribution < -0.4 is 0 Å². The predicted octanol–water partition coefficient (Wildman–Crippen LogP) is 2.45. The highest BCUT2D eigenvalue weighted by molar-refractivity contribution is 5.72. The Labute approximate surface area is 96.1 Å². The molecule has 3 nitrogen and oxygen atoms in total. The van der Waals surface area contributed by atoms with Gasteiger partial charge < -0.3 is 9.84 Å². The van der Waals surface area contributed by atoms with Gasteiger partial charge in [0.05, 0.1) is 0 Å². The van der Waals surface area contributed by atoms with E-state index in [-0.39, 0.29) is 0 Å². The first-order chi connectivity index (χ1) is 7.54. The molecule has 0 amide bonds. The summed E-state index contributed by atoms with van der Waals surface area (Å²) in [5, 5.41) is 8.85. The van der Waals surface area contributed by atoms with Gasteiger partial charge in [0.2, 0.25) is 0 Å². The van der Waals surface area contributed by atoms with Crippen molar-refractivity contribution in [2.24, 2.45) is 0 Å². The minimum Gasteiger partial charge on any atom is -0.479 e. The van der Waals surface area contributed by atoms with Crippen LogP contribution in [0, 0.1) is 0 Å². The summed E-state index contributed by atoms with van der Waals surface area (Å²) in [6, 6.07) is 8.00. The third-order valence-corrected chi connectivity index (χ3v) is 2.63. The first-order valence-corrected chi connectivity index (χ1v) is 5.39. The Kier molecular flexibility index (Phi) is 4.50. The maximum absolute atomic E-state index is 10.8. The van der Waals surface area contributed by atoms with E-state index in [1.807, 2.05) is 24.3 Å². The number of methoxy groups -OCH3 is 1. The smallest absolute Gasteiger partial charge is 0.333 e. The Bertz CT molecular complexity index is 341. The quantitative estimate of drug-likeness (QED) is 0.832. The van der Waals surface area contributed by atoms with Crippen molar-refractivity contribution in [2.45, 2.75) is 32.3 Å². The molecule has 0 aliphatic heterocycles. The molecule has 1 aromatic carbocycles. The lowest BCUT2D eigenvalue weighted by molar-refractivity contribution is -0.148. The van der Waals surface area contributed by atoms with Gasteiger partial charge in [-0.3, -0.25) is 0 Å². The van der Waals surface area contributed by atoms with E-state index in [0.29, 0.717) is 12.3 Å². The molecule has 0 aliphatic carbocycles. The highest BCUT2D eigenvalue weighted by Gasteiger charge is 2.16. The molecule has 3 heteroatoms. The molecule has 1 N–H and O–H groups in total. The second-order valence-electron chi connectivity index (χ2n) is 4.16. The minimum atomic E-state index is -0.921. The fourth-order valence-corrected chi connectivity index (χ4v) is 1.52. The number of benzene rings is 1. The summed E-state index contributed by atoms with van der Waals surface area (Å²) in [5.41, 5.74) is 2.24. The Morgan fingerprint density at radius 2 is 1.88 bits per heavy atom. The second-order valence-corrected chi connectivity index (χ2v) is 4.16. The summed E-state index contributed by atoms with van der Waals surface area (Å²) >= 11 is 0. The molecule has 16 heavy (non-hydrogen) atoms. The van der Waals surface area contributed by atoms with Crippen LogP contribution in [0.3, 0.4) is 0 Å². The molecule has 1 unspecified atom stereocenters. The minimum absolute atomic E-state index is 0.407. The summed E-state index contributed by atoms with van der Waals surface area (Å²) in [4.78, 5) is 10.8. The van der Waals surface area contributed by atoms with Crippen LogP contribution in [-0.2, 0) is 16.0 Å². The van der Waals surface area contributed by atoms with Crippen LogP contribution in [-0.4, -0.2) is 24.3 Å². The normalized spacial score (nSPS) is 12.8. The Hall–Kier alpha value is -1.35. The molecule has 0 saturated heterocycles. The highest BCUT2D eigenvalue weighted by Crippen LogP contribution is 2.15. The van der Waals surface area contributed by atoms with Crippen molar-refractivity contribution in [1.82, 2.24) is 0 Å². The van der Waals surface area contributed by atoms with E-state index in [1.54, 1.807) is 0 Å². The van der Waals surface area contributed by atoms with Gasteiger partial charge in [-0.15, -0.1) is 0 Å². The SMILES string of the molecule is COC(Cc1ccc(C(C)C)cc1)C(=O)O. The van der Waals surface area contributed by atoms with Crippen molar-refractivity contribution in [3.05, 3.63) is 35.4 Å². The molecule has 88 valence electrons. The zero-order valence-electron chi connectivity index (χ0n) is 9.93. The van der Waals surface area contributed by atoms with E-state index < -0.39 is 12.1 Å². The molecule has 0 saturated carbocycles. The lowest BCUT2D eigenvalue weighted by atomic mass is 10.00. The maximum Gasteiger partial charge on any atom is 0.333 e. The van der Waals surface area contributed by atoms with Crippen molar-refractivity contribution in [1.29, 1.82) is 0 Å². The van der Waals surface area contributed by atoms with Gasteiger partial charge >= 0.3 is 5.97 Å².